The standard InChI is InChI=1S/C17H22BrN3O2.ClH/c1-12(14-10-19-11-14)16(22)20-6-8-21(9-7-20)17(23)13-2-4-15(18)5-3-13;/h2-5,12,14,19H,6-11H2,1H3;1H. The number of amides is 2. The molecule has 3 rings (SSSR count). The molecule has 0 bridgehead atoms. The van der Waals surface area contributed by atoms with E-state index in [1.165, 1.54) is 0 Å². The fourth-order valence-corrected chi connectivity index (χ4v) is 3.32. The van der Waals surface area contributed by atoms with E-state index in [4.69, 9.17) is 0 Å². The molecule has 2 heterocycles. The largest absolute Gasteiger partial charge is 0.339 e. The van der Waals surface area contributed by atoms with E-state index in [9.17, 15) is 9.59 Å². The minimum atomic E-state index is 0. The Morgan fingerprint density at radius 2 is 1.62 bits per heavy atom. The number of nitrogens with one attached hydrogen (secondary N) is 1. The molecular formula is C17H23BrClN3O2. The Morgan fingerprint density at radius 1 is 1.08 bits per heavy atom. The highest BCUT2D eigenvalue weighted by molar-refractivity contribution is 9.10. The van der Waals surface area contributed by atoms with Gasteiger partial charge >= 0.3 is 0 Å². The highest BCUT2D eigenvalue weighted by atomic mass is 79.9. The number of halogens is 2. The molecule has 0 saturated carbocycles. The molecule has 1 atom stereocenters. The predicted octanol–water partition coefficient (Wildman–Crippen LogP) is 2.01. The number of nitrogens with zero attached hydrogens (tertiary/aromatic N) is 2. The molecule has 2 amide bonds. The van der Waals surface area contributed by atoms with Gasteiger partial charge in [-0.2, -0.15) is 0 Å². The second-order valence-corrected chi connectivity index (χ2v) is 7.25. The number of hydrogen-bond acceptors (Lipinski definition) is 3. The third-order valence-corrected chi connectivity index (χ3v) is 5.41. The van der Waals surface area contributed by atoms with E-state index in [0.29, 0.717) is 37.7 Å². The van der Waals surface area contributed by atoms with Crippen LogP contribution in [0.3, 0.4) is 0 Å². The number of carbonyl (C=O) groups excluding carboxylic acids is 2. The zero-order valence-electron chi connectivity index (χ0n) is 13.7. The summed E-state index contributed by atoms with van der Waals surface area (Å²) in [6.07, 6.45) is 0. The maximum Gasteiger partial charge on any atom is 0.253 e. The summed E-state index contributed by atoms with van der Waals surface area (Å²) < 4.78 is 0.962. The van der Waals surface area contributed by atoms with Crippen molar-refractivity contribution in [3.63, 3.8) is 0 Å². The van der Waals surface area contributed by atoms with Crippen molar-refractivity contribution in [1.82, 2.24) is 15.1 Å². The zero-order valence-corrected chi connectivity index (χ0v) is 16.1. The first-order valence-electron chi connectivity index (χ1n) is 8.10. The molecule has 0 radical (unpaired) electrons. The van der Waals surface area contributed by atoms with Crippen LogP contribution in [0.15, 0.2) is 28.7 Å². The fourth-order valence-electron chi connectivity index (χ4n) is 3.06. The average molecular weight is 417 g/mol. The third-order valence-electron chi connectivity index (χ3n) is 4.88. The van der Waals surface area contributed by atoms with E-state index in [-0.39, 0.29) is 30.1 Å². The molecule has 1 aromatic rings. The van der Waals surface area contributed by atoms with E-state index < -0.39 is 0 Å². The van der Waals surface area contributed by atoms with Gasteiger partial charge in [-0.25, -0.2) is 0 Å². The van der Waals surface area contributed by atoms with Crippen molar-refractivity contribution in [2.45, 2.75) is 6.92 Å². The van der Waals surface area contributed by atoms with Crippen LogP contribution in [0.2, 0.25) is 0 Å². The molecular weight excluding hydrogens is 394 g/mol. The van der Waals surface area contributed by atoms with E-state index in [1.807, 2.05) is 41.0 Å². The molecule has 2 aliphatic heterocycles. The van der Waals surface area contributed by atoms with Gasteiger partial charge in [0.2, 0.25) is 5.91 Å². The van der Waals surface area contributed by atoms with Crippen LogP contribution in [-0.2, 0) is 4.79 Å². The quantitative estimate of drug-likeness (QED) is 0.820. The second kappa shape index (κ2) is 8.32. The van der Waals surface area contributed by atoms with Gasteiger partial charge < -0.3 is 15.1 Å². The molecule has 2 saturated heterocycles. The van der Waals surface area contributed by atoms with Crippen LogP contribution in [0.1, 0.15) is 17.3 Å². The molecule has 1 N–H and O–H groups in total. The first-order valence-corrected chi connectivity index (χ1v) is 8.90. The maximum atomic E-state index is 12.5. The maximum absolute atomic E-state index is 12.5. The lowest BCUT2D eigenvalue weighted by Gasteiger charge is -2.39. The summed E-state index contributed by atoms with van der Waals surface area (Å²) in [4.78, 5) is 28.7. The normalized spacial score (nSPS) is 19.2. The number of rotatable bonds is 3. The number of carbonyl (C=O) groups is 2. The Kier molecular flexibility index (Phi) is 6.66. The smallest absolute Gasteiger partial charge is 0.253 e. The SMILES string of the molecule is CC(C(=O)N1CCN(C(=O)c2ccc(Br)cc2)CC1)C1CNC1.Cl. The van der Waals surface area contributed by atoms with Gasteiger partial charge in [0.15, 0.2) is 0 Å². The Balaban J connectivity index is 0.00000208. The molecule has 1 aromatic carbocycles. The summed E-state index contributed by atoms with van der Waals surface area (Å²) in [5, 5.41) is 3.22. The van der Waals surface area contributed by atoms with Crippen molar-refractivity contribution >= 4 is 40.2 Å². The molecule has 7 heteroatoms. The summed E-state index contributed by atoms with van der Waals surface area (Å²) in [5.74, 6) is 0.808. The van der Waals surface area contributed by atoms with Crippen LogP contribution in [-0.4, -0.2) is 60.9 Å². The zero-order chi connectivity index (χ0) is 16.4. The number of piperazine rings is 1. The van der Waals surface area contributed by atoms with E-state index in [1.54, 1.807) is 0 Å². The monoisotopic (exact) mass is 415 g/mol. The molecule has 2 fully saturated rings. The molecule has 0 spiro atoms. The molecule has 0 aromatic heterocycles. The van der Waals surface area contributed by atoms with Crippen molar-refractivity contribution in [2.75, 3.05) is 39.3 Å². The summed E-state index contributed by atoms with van der Waals surface area (Å²) in [7, 11) is 0. The first kappa shape index (κ1) is 19.2. The highest BCUT2D eigenvalue weighted by Crippen LogP contribution is 2.20. The lowest BCUT2D eigenvalue weighted by molar-refractivity contribution is -0.138. The van der Waals surface area contributed by atoms with Crippen molar-refractivity contribution in [1.29, 1.82) is 0 Å². The Bertz CT molecular complexity index is 584. The second-order valence-electron chi connectivity index (χ2n) is 6.33. The van der Waals surface area contributed by atoms with Gasteiger partial charge in [-0.1, -0.05) is 22.9 Å². The lowest BCUT2D eigenvalue weighted by atomic mass is 9.88. The summed E-state index contributed by atoms with van der Waals surface area (Å²) in [6, 6.07) is 7.41. The Labute approximate surface area is 157 Å². The van der Waals surface area contributed by atoms with E-state index >= 15 is 0 Å². The highest BCUT2D eigenvalue weighted by Gasteiger charge is 2.33. The molecule has 0 aliphatic carbocycles. The third kappa shape index (κ3) is 4.10. The molecule has 24 heavy (non-hydrogen) atoms. The number of hydrogen-bond donors (Lipinski definition) is 1. The average Bonchev–Trinajstić information content (AvgIpc) is 2.53. The Hall–Kier alpha value is -1.11. The van der Waals surface area contributed by atoms with Crippen LogP contribution >= 0.6 is 28.3 Å². The molecule has 2 aliphatic rings. The van der Waals surface area contributed by atoms with E-state index in [0.717, 1.165) is 17.6 Å². The van der Waals surface area contributed by atoms with Gasteiger partial charge in [-0.3, -0.25) is 9.59 Å². The Morgan fingerprint density at radius 3 is 2.12 bits per heavy atom. The minimum Gasteiger partial charge on any atom is -0.339 e. The van der Waals surface area contributed by atoms with Gasteiger partial charge in [0.05, 0.1) is 0 Å². The van der Waals surface area contributed by atoms with E-state index in [2.05, 4.69) is 21.2 Å². The van der Waals surface area contributed by atoms with Gasteiger partial charge in [-0.05, 0) is 43.3 Å². The molecule has 5 nitrogen and oxygen atoms in total. The molecule has 1 unspecified atom stereocenters. The van der Waals surface area contributed by atoms with Crippen molar-refractivity contribution < 1.29 is 9.59 Å². The first-order chi connectivity index (χ1) is 11.1. The van der Waals surface area contributed by atoms with Gasteiger partial charge in [0.25, 0.3) is 5.91 Å². The van der Waals surface area contributed by atoms with Gasteiger partial charge in [0.1, 0.15) is 0 Å². The fraction of sp³-hybridized carbons (Fsp3) is 0.529. The van der Waals surface area contributed by atoms with Crippen LogP contribution in [0, 0.1) is 11.8 Å². The molecule has 132 valence electrons. The van der Waals surface area contributed by atoms with Crippen LogP contribution in [0.25, 0.3) is 0 Å². The van der Waals surface area contributed by atoms with Crippen molar-refractivity contribution in [3.8, 4) is 0 Å². The topological polar surface area (TPSA) is 52.7 Å². The predicted molar refractivity (Wildman–Crippen MR) is 99.4 cm³/mol. The summed E-state index contributed by atoms with van der Waals surface area (Å²) >= 11 is 3.38. The van der Waals surface area contributed by atoms with Crippen molar-refractivity contribution in [3.05, 3.63) is 34.3 Å². The summed E-state index contributed by atoms with van der Waals surface area (Å²) in [6.45, 7) is 6.38. The summed E-state index contributed by atoms with van der Waals surface area (Å²) in [5.41, 5.74) is 0.696. The number of benzene rings is 1. The van der Waals surface area contributed by atoms with Gasteiger partial charge in [0, 0.05) is 42.1 Å². The van der Waals surface area contributed by atoms with Gasteiger partial charge in [-0.15, -0.1) is 12.4 Å². The lowest BCUT2D eigenvalue weighted by Crippen LogP contribution is -2.55. The van der Waals surface area contributed by atoms with Crippen LogP contribution in [0.4, 0.5) is 0 Å². The van der Waals surface area contributed by atoms with Crippen molar-refractivity contribution in [2.24, 2.45) is 11.8 Å². The van der Waals surface area contributed by atoms with Crippen LogP contribution in [0.5, 0.6) is 0 Å². The minimum absolute atomic E-state index is 0. The van der Waals surface area contributed by atoms with Crippen LogP contribution < -0.4 is 5.32 Å².